The van der Waals surface area contributed by atoms with E-state index in [1.165, 1.54) is 35.0 Å². The monoisotopic (exact) mass is 369 g/mol. The van der Waals surface area contributed by atoms with E-state index in [9.17, 15) is 18.0 Å². The van der Waals surface area contributed by atoms with Crippen LogP contribution in [0.15, 0.2) is 42.7 Å². The summed E-state index contributed by atoms with van der Waals surface area (Å²) in [5.74, 6) is -0.814. The first-order chi connectivity index (χ1) is 11.8. The molecule has 0 spiro atoms. The average molecular weight is 370 g/mol. The minimum Gasteiger partial charge on any atom is -0.305 e. The Morgan fingerprint density at radius 1 is 1.20 bits per heavy atom. The fourth-order valence-corrected chi connectivity index (χ4v) is 2.36. The van der Waals surface area contributed by atoms with E-state index in [4.69, 9.17) is 11.6 Å². The molecule has 0 radical (unpaired) electrons. The van der Waals surface area contributed by atoms with Crippen LogP contribution in [0, 0.1) is 0 Å². The number of anilines is 1. The van der Waals surface area contributed by atoms with Crippen LogP contribution in [-0.4, -0.2) is 25.5 Å². The Labute approximate surface area is 144 Å². The zero-order valence-corrected chi connectivity index (χ0v) is 13.5. The summed E-state index contributed by atoms with van der Waals surface area (Å²) in [6.07, 6.45) is -2.36. The molecule has 1 amide bonds. The molecule has 0 fully saturated rings. The van der Waals surface area contributed by atoms with Gasteiger partial charge in [-0.05, 0) is 24.3 Å². The van der Waals surface area contributed by atoms with Crippen molar-refractivity contribution in [3.63, 3.8) is 0 Å². The molecule has 0 atom stereocenters. The molecule has 0 unspecified atom stereocenters. The Morgan fingerprint density at radius 2 is 1.88 bits per heavy atom. The van der Waals surface area contributed by atoms with E-state index in [2.05, 4.69) is 15.5 Å². The molecule has 3 rings (SSSR count). The third-order valence-electron chi connectivity index (χ3n) is 3.31. The number of carbonyl (C=O) groups is 1. The summed E-state index contributed by atoms with van der Waals surface area (Å²) in [5, 5.41) is 10.3. The van der Waals surface area contributed by atoms with Gasteiger partial charge in [0.1, 0.15) is 0 Å². The third kappa shape index (κ3) is 3.50. The normalized spacial score (nSPS) is 11.6. The SMILES string of the molecule is Cn1ccc(NC(=O)c2cnn(-c3ccc(Cl)cc3)c2C(F)(F)F)n1. The second-order valence-electron chi connectivity index (χ2n) is 5.12. The summed E-state index contributed by atoms with van der Waals surface area (Å²) < 4.78 is 42.6. The highest BCUT2D eigenvalue weighted by molar-refractivity contribution is 6.30. The smallest absolute Gasteiger partial charge is 0.305 e. The molecule has 0 aliphatic rings. The van der Waals surface area contributed by atoms with Gasteiger partial charge in [0, 0.05) is 24.3 Å². The van der Waals surface area contributed by atoms with Crippen molar-refractivity contribution in [2.75, 3.05) is 5.32 Å². The maximum atomic E-state index is 13.5. The molecule has 1 N–H and O–H groups in total. The fraction of sp³-hybridized carbons (Fsp3) is 0.133. The van der Waals surface area contributed by atoms with Crippen LogP contribution >= 0.6 is 11.6 Å². The predicted octanol–water partition coefficient (Wildman–Crippen LogP) is 3.53. The van der Waals surface area contributed by atoms with Crippen molar-refractivity contribution >= 4 is 23.3 Å². The largest absolute Gasteiger partial charge is 0.434 e. The number of aryl methyl sites for hydroxylation is 1. The molecule has 25 heavy (non-hydrogen) atoms. The number of amides is 1. The first-order valence-corrected chi connectivity index (χ1v) is 7.35. The van der Waals surface area contributed by atoms with Crippen molar-refractivity contribution in [3.8, 4) is 5.69 Å². The highest BCUT2D eigenvalue weighted by Gasteiger charge is 2.40. The van der Waals surface area contributed by atoms with Crippen LogP contribution in [0.2, 0.25) is 5.02 Å². The van der Waals surface area contributed by atoms with Gasteiger partial charge < -0.3 is 5.32 Å². The van der Waals surface area contributed by atoms with Gasteiger partial charge in [-0.15, -0.1) is 0 Å². The predicted molar refractivity (Wildman–Crippen MR) is 84.7 cm³/mol. The van der Waals surface area contributed by atoms with Crippen LogP contribution in [0.25, 0.3) is 5.69 Å². The Hall–Kier alpha value is -2.81. The molecule has 130 valence electrons. The topological polar surface area (TPSA) is 64.7 Å². The number of nitrogens with one attached hydrogen (secondary N) is 1. The minimum atomic E-state index is -4.78. The number of carbonyl (C=O) groups excluding carboxylic acids is 1. The zero-order valence-electron chi connectivity index (χ0n) is 12.8. The van der Waals surface area contributed by atoms with E-state index >= 15 is 0 Å². The number of alkyl halides is 3. The summed E-state index contributed by atoms with van der Waals surface area (Å²) in [7, 11) is 1.62. The Kier molecular flexibility index (Phi) is 4.25. The van der Waals surface area contributed by atoms with Crippen LogP contribution in [0.5, 0.6) is 0 Å². The maximum absolute atomic E-state index is 13.5. The molecule has 2 heterocycles. The van der Waals surface area contributed by atoms with E-state index < -0.39 is 23.3 Å². The first kappa shape index (κ1) is 17.0. The number of halogens is 4. The molecule has 10 heteroatoms. The fourth-order valence-electron chi connectivity index (χ4n) is 2.23. The van der Waals surface area contributed by atoms with Crippen LogP contribution in [0.1, 0.15) is 16.1 Å². The molecule has 6 nitrogen and oxygen atoms in total. The number of aromatic nitrogens is 4. The second-order valence-corrected chi connectivity index (χ2v) is 5.56. The van der Waals surface area contributed by atoms with Gasteiger partial charge in [-0.25, -0.2) is 4.68 Å². The lowest BCUT2D eigenvalue weighted by molar-refractivity contribution is -0.143. The van der Waals surface area contributed by atoms with E-state index in [0.717, 1.165) is 6.20 Å². The second kappa shape index (κ2) is 6.25. The highest BCUT2D eigenvalue weighted by Crippen LogP contribution is 2.34. The van der Waals surface area contributed by atoms with E-state index in [1.807, 2.05) is 0 Å². The van der Waals surface area contributed by atoms with Gasteiger partial charge >= 0.3 is 6.18 Å². The molecule has 0 aliphatic carbocycles. The van der Waals surface area contributed by atoms with E-state index in [-0.39, 0.29) is 11.5 Å². The summed E-state index contributed by atoms with van der Waals surface area (Å²) in [5.41, 5.74) is -1.65. The lowest BCUT2D eigenvalue weighted by Crippen LogP contribution is -2.21. The summed E-state index contributed by atoms with van der Waals surface area (Å²) >= 11 is 5.75. The quantitative estimate of drug-likeness (QED) is 0.768. The standard InChI is InChI=1S/C15H11ClF3N5O/c1-23-7-6-12(22-23)21-14(25)11-8-20-24(13(11)15(17,18)19)10-4-2-9(16)3-5-10/h2-8H,1H3,(H,21,22,25). The number of hydrogen-bond acceptors (Lipinski definition) is 3. The number of benzene rings is 1. The van der Waals surface area contributed by atoms with Crippen LogP contribution in [-0.2, 0) is 13.2 Å². The molecule has 0 bridgehead atoms. The van der Waals surface area contributed by atoms with Gasteiger partial charge in [0.25, 0.3) is 5.91 Å². The van der Waals surface area contributed by atoms with Crippen molar-refractivity contribution in [1.29, 1.82) is 0 Å². The summed E-state index contributed by atoms with van der Waals surface area (Å²) in [6.45, 7) is 0. The number of rotatable bonds is 3. The molecule has 3 aromatic rings. The molecule has 0 saturated heterocycles. The highest BCUT2D eigenvalue weighted by atomic mass is 35.5. The van der Waals surface area contributed by atoms with Gasteiger partial charge in [-0.1, -0.05) is 11.6 Å². The van der Waals surface area contributed by atoms with Crippen molar-refractivity contribution in [1.82, 2.24) is 19.6 Å². The number of nitrogens with zero attached hydrogens (tertiary/aromatic N) is 4. The van der Waals surface area contributed by atoms with Crippen LogP contribution < -0.4 is 5.32 Å². The number of hydrogen-bond donors (Lipinski definition) is 1. The van der Waals surface area contributed by atoms with Crippen molar-refractivity contribution < 1.29 is 18.0 Å². The molecular formula is C15H11ClF3N5O. The summed E-state index contributed by atoms with van der Waals surface area (Å²) in [6, 6.07) is 7.10. The summed E-state index contributed by atoms with van der Waals surface area (Å²) in [4.78, 5) is 12.3. The van der Waals surface area contributed by atoms with Gasteiger partial charge in [0.15, 0.2) is 11.5 Å². The molecular weight excluding hydrogens is 359 g/mol. The molecule has 1 aromatic carbocycles. The zero-order chi connectivity index (χ0) is 18.2. The van der Waals surface area contributed by atoms with Gasteiger partial charge in [0.2, 0.25) is 0 Å². The van der Waals surface area contributed by atoms with Crippen LogP contribution in [0.4, 0.5) is 19.0 Å². The lowest BCUT2D eigenvalue weighted by Gasteiger charge is -2.12. The van der Waals surface area contributed by atoms with Crippen molar-refractivity contribution in [2.24, 2.45) is 7.05 Å². The third-order valence-corrected chi connectivity index (χ3v) is 3.56. The van der Waals surface area contributed by atoms with Gasteiger partial charge in [-0.2, -0.15) is 23.4 Å². The molecule has 0 saturated carbocycles. The van der Waals surface area contributed by atoms with Crippen molar-refractivity contribution in [2.45, 2.75) is 6.18 Å². The maximum Gasteiger partial charge on any atom is 0.434 e. The Balaban J connectivity index is 2.02. The molecule has 0 aliphatic heterocycles. The molecule has 2 aromatic heterocycles. The van der Waals surface area contributed by atoms with E-state index in [0.29, 0.717) is 9.70 Å². The van der Waals surface area contributed by atoms with E-state index in [1.54, 1.807) is 13.2 Å². The Bertz CT molecular complexity index is 914. The van der Waals surface area contributed by atoms with Gasteiger partial charge in [0.05, 0.1) is 17.4 Å². The van der Waals surface area contributed by atoms with Crippen molar-refractivity contribution in [3.05, 3.63) is 59.0 Å². The minimum absolute atomic E-state index is 0.133. The Morgan fingerprint density at radius 3 is 2.44 bits per heavy atom. The average Bonchev–Trinajstić information content (AvgIpc) is 3.14. The van der Waals surface area contributed by atoms with Gasteiger partial charge in [-0.3, -0.25) is 9.48 Å². The van der Waals surface area contributed by atoms with Crippen LogP contribution in [0.3, 0.4) is 0 Å². The lowest BCUT2D eigenvalue weighted by atomic mass is 10.2. The first-order valence-electron chi connectivity index (χ1n) is 6.98.